The molecule has 1 saturated heterocycles. The van der Waals surface area contributed by atoms with Crippen molar-refractivity contribution in [2.75, 3.05) is 6.61 Å². The van der Waals surface area contributed by atoms with Gasteiger partial charge in [-0.05, 0) is 41.8 Å². The highest BCUT2D eigenvalue weighted by Gasteiger charge is 2.44. The molecule has 1 unspecified atom stereocenters. The SMILES string of the molecule is OC[C@H]1OC(n2cc(Cc3ccc(OC(F)F)cc3)c3c(Cl)cccc32)[C@H](O)[C@@H](O)[C@@H]1O. The largest absolute Gasteiger partial charge is 0.435 e. The van der Waals surface area contributed by atoms with Crippen LogP contribution in [-0.2, 0) is 11.2 Å². The van der Waals surface area contributed by atoms with Crippen LogP contribution < -0.4 is 4.74 Å². The van der Waals surface area contributed by atoms with E-state index in [-0.39, 0.29) is 5.75 Å². The molecule has 4 N–H and O–H groups in total. The van der Waals surface area contributed by atoms with E-state index in [0.29, 0.717) is 22.3 Å². The Morgan fingerprint density at radius 3 is 2.41 bits per heavy atom. The van der Waals surface area contributed by atoms with E-state index >= 15 is 0 Å². The number of nitrogens with zero attached hydrogens (tertiary/aromatic N) is 1. The molecule has 2 aromatic carbocycles. The number of fused-ring (bicyclic) bond motifs is 1. The average Bonchev–Trinajstić information content (AvgIpc) is 3.13. The number of alkyl halides is 2. The molecule has 7 nitrogen and oxygen atoms in total. The second-order valence-corrected chi connectivity index (χ2v) is 8.02. The Hall–Kier alpha value is -2.27. The topological polar surface area (TPSA) is 104 Å². The van der Waals surface area contributed by atoms with Crippen molar-refractivity contribution in [2.24, 2.45) is 0 Å². The summed E-state index contributed by atoms with van der Waals surface area (Å²) in [7, 11) is 0. The molecule has 1 aliphatic heterocycles. The average molecular weight is 470 g/mol. The Morgan fingerprint density at radius 2 is 1.75 bits per heavy atom. The van der Waals surface area contributed by atoms with E-state index in [2.05, 4.69) is 4.74 Å². The Labute approximate surface area is 187 Å². The van der Waals surface area contributed by atoms with E-state index in [1.165, 1.54) is 12.1 Å². The predicted molar refractivity (Wildman–Crippen MR) is 112 cm³/mol. The molecule has 1 aliphatic rings. The van der Waals surface area contributed by atoms with Gasteiger partial charge >= 0.3 is 6.61 Å². The molecule has 1 aromatic heterocycles. The van der Waals surface area contributed by atoms with Crippen molar-refractivity contribution in [3.63, 3.8) is 0 Å². The first-order valence-corrected chi connectivity index (χ1v) is 10.3. The molecule has 0 bridgehead atoms. The fourth-order valence-electron chi connectivity index (χ4n) is 4.01. The van der Waals surface area contributed by atoms with E-state index in [1.54, 1.807) is 41.1 Å². The zero-order chi connectivity index (χ0) is 23.0. The summed E-state index contributed by atoms with van der Waals surface area (Å²) in [6, 6.07) is 11.4. The lowest BCUT2D eigenvalue weighted by Crippen LogP contribution is -2.56. The van der Waals surface area contributed by atoms with Gasteiger partial charge in [0.1, 0.15) is 30.2 Å². The van der Waals surface area contributed by atoms with Gasteiger partial charge < -0.3 is 34.5 Å². The maximum Gasteiger partial charge on any atom is 0.387 e. The Kier molecular flexibility index (Phi) is 6.66. The monoisotopic (exact) mass is 469 g/mol. The first-order valence-electron chi connectivity index (χ1n) is 9.92. The zero-order valence-corrected chi connectivity index (χ0v) is 17.4. The van der Waals surface area contributed by atoms with Crippen LogP contribution in [0.4, 0.5) is 8.78 Å². The van der Waals surface area contributed by atoms with Crippen molar-refractivity contribution in [1.29, 1.82) is 0 Å². The van der Waals surface area contributed by atoms with Gasteiger partial charge in [-0.1, -0.05) is 29.8 Å². The second-order valence-electron chi connectivity index (χ2n) is 7.61. The molecule has 4 rings (SSSR count). The molecule has 0 saturated carbocycles. The molecule has 172 valence electrons. The van der Waals surface area contributed by atoms with Crippen LogP contribution in [0.15, 0.2) is 48.7 Å². The summed E-state index contributed by atoms with van der Waals surface area (Å²) in [5, 5.41) is 41.5. The summed E-state index contributed by atoms with van der Waals surface area (Å²) >= 11 is 6.46. The number of aromatic nitrogens is 1. The Morgan fingerprint density at radius 1 is 1.03 bits per heavy atom. The summed E-state index contributed by atoms with van der Waals surface area (Å²) in [4.78, 5) is 0. The number of aliphatic hydroxyl groups excluding tert-OH is 4. The molecule has 32 heavy (non-hydrogen) atoms. The summed E-state index contributed by atoms with van der Waals surface area (Å²) in [6.07, 6.45) is -4.48. The molecule has 2 heterocycles. The van der Waals surface area contributed by atoms with Crippen LogP contribution in [0, 0.1) is 0 Å². The fourth-order valence-corrected chi connectivity index (χ4v) is 4.30. The van der Waals surface area contributed by atoms with E-state index < -0.39 is 43.9 Å². The van der Waals surface area contributed by atoms with Crippen LogP contribution in [-0.4, -0.2) is 62.6 Å². The number of hydrogen-bond acceptors (Lipinski definition) is 6. The lowest BCUT2D eigenvalue weighted by molar-refractivity contribution is -0.250. The van der Waals surface area contributed by atoms with Crippen LogP contribution in [0.1, 0.15) is 17.4 Å². The first kappa shape index (κ1) is 22.9. The van der Waals surface area contributed by atoms with E-state index in [9.17, 15) is 29.2 Å². The minimum atomic E-state index is -2.91. The van der Waals surface area contributed by atoms with E-state index in [0.717, 1.165) is 11.1 Å². The van der Waals surface area contributed by atoms with Crippen molar-refractivity contribution in [3.8, 4) is 5.75 Å². The smallest absolute Gasteiger partial charge is 0.387 e. The van der Waals surface area contributed by atoms with Crippen molar-refractivity contribution >= 4 is 22.5 Å². The standard InChI is InChI=1S/C22H22ClF2NO6/c23-14-2-1-3-15-17(14)12(8-11-4-6-13(7-5-11)31-22(24)25)9-26(15)21-20(30)19(29)18(28)16(10-27)32-21/h1-7,9,16,18-22,27-30H,8,10H2/t16-,18-,19+,20-,21?/m1/s1. The van der Waals surface area contributed by atoms with Crippen molar-refractivity contribution < 1.29 is 38.7 Å². The number of benzene rings is 2. The Balaban J connectivity index is 1.71. The zero-order valence-electron chi connectivity index (χ0n) is 16.7. The summed E-state index contributed by atoms with van der Waals surface area (Å²) in [5.41, 5.74) is 2.19. The predicted octanol–water partition coefficient (Wildman–Crippen LogP) is 2.46. The van der Waals surface area contributed by atoms with Crippen LogP contribution in [0.2, 0.25) is 5.02 Å². The maximum absolute atomic E-state index is 12.4. The second kappa shape index (κ2) is 9.30. The van der Waals surface area contributed by atoms with Gasteiger partial charge in [0.15, 0.2) is 6.23 Å². The van der Waals surface area contributed by atoms with Crippen LogP contribution >= 0.6 is 11.6 Å². The van der Waals surface area contributed by atoms with Gasteiger partial charge in [0.2, 0.25) is 0 Å². The quantitative estimate of drug-likeness (QED) is 0.442. The van der Waals surface area contributed by atoms with Gasteiger partial charge in [-0.15, -0.1) is 0 Å². The normalized spacial score (nSPS) is 26.1. The lowest BCUT2D eigenvalue weighted by Gasteiger charge is -2.40. The summed E-state index contributed by atoms with van der Waals surface area (Å²) in [6.45, 7) is -3.45. The number of aliphatic hydroxyl groups is 4. The van der Waals surface area contributed by atoms with Crippen LogP contribution in [0.5, 0.6) is 5.75 Å². The number of ether oxygens (including phenoxy) is 2. The van der Waals surface area contributed by atoms with Crippen molar-refractivity contribution in [2.45, 2.75) is 43.7 Å². The molecule has 0 spiro atoms. The molecular formula is C22H22ClF2NO6. The van der Waals surface area contributed by atoms with Crippen molar-refractivity contribution in [1.82, 2.24) is 4.57 Å². The van der Waals surface area contributed by atoms with Crippen molar-refractivity contribution in [3.05, 3.63) is 64.8 Å². The molecule has 5 atom stereocenters. The molecule has 3 aromatic rings. The van der Waals surface area contributed by atoms with Gasteiger partial charge in [0.05, 0.1) is 17.1 Å². The summed E-state index contributed by atoms with van der Waals surface area (Å²) < 4.78 is 36.4. The summed E-state index contributed by atoms with van der Waals surface area (Å²) in [5.74, 6) is 0.0468. The van der Waals surface area contributed by atoms with E-state index in [4.69, 9.17) is 16.3 Å². The van der Waals surface area contributed by atoms with E-state index in [1.807, 2.05) is 0 Å². The minimum Gasteiger partial charge on any atom is -0.435 e. The third-order valence-electron chi connectivity index (χ3n) is 5.57. The number of hydrogen-bond donors (Lipinski definition) is 4. The van der Waals surface area contributed by atoms with Gasteiger partial charge in [-0.25, -0.2) is 0 Å². The minimum absolute atomic E-state index is 0.0468. The van der Waals surface area contributed by atoms with Gasteiger partial charge in [0, 0.05) is 11.6 Å². The molecule has 0 amide bonds. The lowest BCUT2D eigenvalue weighted by atomic mass is 9.98. The third-order valence-corrected chi connectivity index (χ3v) is 5.89. The molecule has 10 heteroatoms. The highest BCUT2D eigenvalue weighted by molar-refractivity contribution is 6.35. The van der Waals surface area contributed by atoms with Gasteiger partial charge in [-0.3, -0.25) is 0 Å². The number of halogens is 3. The van der Waals surface area contributed by atoms with Crippen LogP contribution in [0.25, 0.3) is 10.9 Å². The third kappa shape index (κ3) is 4.32. The molecular weight excluding hydrogens is 448 g/mol. The fraction of sp³-hybridized carbons (Fsp3) is 0.364. The molecule has 1 fully saturated rings. The Bertz CT molecular complexity index is 1070. The van der Waals surface area contributed by atoms with Gasteiger partial charge in [-0.2, -0.15) is 8.78 Å². The molecule has 0 radical (unpaired) electrons. The highest BCUT2D eigenvalue weighted by Crippen LogP contribution is 2.36. The van der Waals surface area contributed by atoms with Gasteiger partial charge in [0.25, 0.3) is 0 Å². The highest BCUT2D eigenvalue weighted by atomic mass is 35.5. The number of rotatable bonds is 6. The molecule has 0 aliphatic carbocycles. The van der Waals surface area contributed by atoms with Crippen LogP contribution in [0.3, 0.4) is 0 Å². The first-order chi connectivity index (χ1) is 15.3. The maximum atomic E-state index is 12.4.